The van der Waals surface area contributed by atoms with Crippen molar-refractivity contribution in [3.05, 3.63) is 28.4 Å². The molecule has 0 aliphatic rings. The quantitative estimate of drug-likeness (QED) is 0.843. The predicted octanol–water partition coefficient (Wildman–Crippen LogP) is 3.41. The number of phenolic OH excluding ortho intramolecular Hbond substituents is 1. The van der Waals surface area contributed by atoms with Crippen molar-refractivity contribution in [2.24, 2.45) is 0 Å². The van der Waals surface area contributed by atoms with Crippen LogP contribution in [-0.4, -0.2) is 10.3 Å². The van der Waals surface area contributed by atoms with Gasteiger partial charge in [-0.05, 0) is 28.1 Å². The molecule has 96 valence electrons. The van der Waals surface area contributed by atoms with Crippen molar-refractivity contribution in [3.8, 4) is 16.9 Å². The van der Waals surface area contributed by atoms with Gasteiger partial charge in [-0.25, -0.2) is 0 Å². The molecule has 0 atom stereocenters. The second-order valence-corrected chi connectivity index (χ2v) is 4.31. The third-order valence-electron chi connectivity index (χ3n) is 2.28. The third kappa shape index (κ3) is 2.15. The number of halogens is 4. The zero-order valence-corrected chi connectivity index (χ0v) is 10.2. The van der Waals surface area contributed by atoms with Crippen molar-refractivity contribution in [2.75, 3.05) is 5.73 Å². The smallest absolute Gasteiger partial charge is 0.417 e. The van der Waals surface area contributed by atoms with Gasteiger partial charge >= 0.3 is 6.18 Å². The van der Waals surface area contributed by atoms with Crippen molar-refractivity contribution in [1.82, 2.24) is 5.16 Å². The van der Waals surface area contributed by atoms with Gasteiger partial charge in [0.05, 0.1) is 21.8 Å². The molecule has 0 radical (unpaired) electrons. The zero-order chi connectivity index (χ0) is 13.5. The van der Waals surface area contributed by atoms with Gasteiger partial charge in [-0.2, -0.15) is 13.2 Å². The molecular formula is C10H6BrF3N2O2. The van der Waals surface area contributed by atoms with Crippen LogP contribution in [0.4, 0.5) is 19.1 Å². The van der Waals surface area contributed by atoms with E-state index in [1.807, 2.05) is 0 Å². The summed E-state index contributed by atoms with van der Waals surface area (Å²) in [7, 11) is 0. The molecule has 0 aliphatic carbocycles. The molecule has 0 fully saturated rings. The average Bonchev–Trinajstić information content (AvgIpc) is 2.66. The van der Waals surface area contributed by atoms with Crippen LogP contribution >= 0.6 is 15.9 Å². The molecule has 1 aromatic carbocycles. The van der Waals surface area contributed by atoms with E-state index < -0.39 is 17.5 Å². The minimum absolute atomic E-state index is 0.0167. The molecule has 2 aromatic rings. The molecule has 0 bridgehead atoms. The summed E-state index contributed by atoms with van der Waals surface area (Å²) in [6, 6.07) is 1.73. The minimum atomic E-state index is -4.63. The van der Waals surface area contributed by atoms with Crippen molar-refractivity contribution >= 4 is 21.8 Å². The van der Waals surface area contributed by atoms with Gasteiger partial charge in [0.25, 0.3) is 0 Å². The Hall–Kier alpha value is -1.70. The highest BCUT2D eigenvalue weighted by molar-refractivity contribution is 9.10. The van der Waals surface area contributed by atoms with Crippen LogP contribution in [0.25, 0.3) is 11.1 Å². The van der Waals surface area contributed by atoms with Crippen LogP contribution in [-0.2, 0) is 6.18 Å². The van der Waals surface area contributed by atoms with Gasteiger partial charge in [0.15, 0.2) is 0 Å². The third-order valence-corrected chi connectivity index (χ3v) is 2.92. The van der Waals surface area contributed by atoms with Gasteiger partial charge in [-0.3, -0.25) is 0 Å². The Balaban J connectivity index is 2.73. The Morgan fingerprint density at radius 2 is 1.94 bits per heavy atom. The standard InChI is InChI=1S/C10H6BrF3N2O2/c11-7-1-4(5-3-16-18-9(5)15)6(2-8(7)17)10(12,13)14/h1-3,17H,15H2. The van der Waals surface area contributed by atoms with E-state index in [0.717, 1.165) is 12.3 Å². The van der Waals surface area contributed by atoms with Crippen LogP contribution in [0.3, 0.4) is 0 Å². The Morgan fingerprint density at radius 1 is 1.28 bits per heavy atom. The van der Waals surface area contributed by atoms with Crippen molar-refractivity contribution in [1.29, 1.82) is 0 Å². The lowest BCUT2D eigenvalue weighted by atomic mass is 10.0. The fraction of sp³-hybridized carbons (Fsp3) is 0.100. The first kappa shape index (κ1) is 12.7. The SMILES string of the molecule is Nc1oncc1-c1cc(Br)c(O)cc1C(F)(F)F. The number of benzene rings is 1. The summed E-state index contributed by atoms with van der Waals surface area (Å²) in [5.74, 6) is -0.737. The number of aromatic hydroxyl groups is 1. The summed E-state index contributed by atoms with van der Waals surface area (Å²) in [6.45, 7) is 0. The van der Waals surface area contributed by atoms with Crippen LogP contribution in [0.2, 0.25) is 0 Å². The summed E-state index contributed by atoms with van der Waals surface area (Å²) in [6.07, 6.45) is -3.54. The van der Waals surface area contributed by atoms with Gasteiger partial charge in [0.1, 0.15) is 5.75 Å². The topological polar surface area (TPSA) is 72.3 Å². The van der Waals surface area contributed by atoms with E-state index in [1.54, 1.807) is 0 Å². The normalized spacial score (nSPS) is 11.8. The molecule has 8 heteroatoms. The number of hydrogen-bond donors (Lipinski definition) is 2. The fourth-order valence-corrected chi connectivity index (χ4v) is 1.81. The maximum Gasteiger partial charge on any atom is 0.417 e. The molecule has 0 unspecified atom stereocenters. The summed E-state index contributed by atoms with van der Waals surface area (Å²) < 4.78 is 43.3. The summed E-state index contributed by atoms with van der Waals surface area (Å²) in [5.41, 5.74) is 4.18. The van der Waals surface area contributed by atoms with Crippen LogP contribution < -0.4 is 5.73 Å². The van der Waals surface area contributed by atoms with Gasteiger partial charge in [0, 0.05) is 5.56 Å². The number of aromatic nitrogens is 1. The van der Waals surface area contributed by atoms with Crippen LogP contribution in [0.5, 0.6) is 5.75 Å². The number of nitrogens with two attached hydrogens (primary N) is 1. The molecule has 0 spiro atoms. The average molecular weight is 323 g/mol. The number of alkyl halides is 3. The Kier molecular flexibility index (Phi) is 2.97. The van der Waals surface area contributed by atoms with Gasteiger partial charge in [0.2, 0.25) is 5.88 Å². The van der Waals surface area contributed by atoms with Crippen molar-refractivity contribution in [3.63, 3.8) is 0 Å². The molecule has 4 nitrogen and oxygen atoms in total. The van der Waals surface area contributed by atoms with E-state index in [1.165, 1.54) is 0 Å². The second kappa shape index (κ2) is 4.20. The van der Waals surface area contributed by atoms with E-state index in [4.69, 9.17) is 5.73 Å². The molecule has 0 amide bonds. The van der Waals surface area contributed by atoms with Crippen LogP contribution in [0.1, 0.15) is 5.56 Å². The van der Waals surface area contributed by atoms with Crippen LogP contribution in [0, 0.1) is 0 Å². The molecule has 1 heterocycles. The number of nitrogens with zero attached hydrogens (tertiary/aromatic N) is 1. The highest BCUT2D eigenvalue weighted by Gasteiger charge is 2.35. The number of phenols is 1. The largest absolute Gasteiger partial charge is 0.507 e. The Bertz CT molecular complexity index is 595. The molecule has 0 saturated heterocycles. The highest BCUT2D eigenvalue weighted by Crippen LogP contribution is 2.43. The maximum absolute atomic E-state index is 12.9. The van der Waals surface area contributed by atoms with Crippen molar-refractivity contribution in [2.45, 2.75) is 6.18 Å². The fourth-order valence-electron chi connectivity index (χ4n) is 1.47. The van der Waals surface area contributed by atoms with Gasteiger partial charge in [-0.15, -0.1) is 0 Å². The van der Waals surface area contributed by atoms with Gasteiger partial charge in [-0.1, -0.05) is 5.16 Å². The lowest BCUT2D eigenvalue weighted by Gasteiger charge is -2.13. The van der Waals surface area contributed by atoms with Crippen LogP contribution in [0.15, 0.2) is 27.3 Å². The molecule has 3 N–H and O–H groups in total. The summed E-state index contributed by atoms with van der Waals surface area (Å²) in [5, 5.41) is 12.7. The number of rotatable bonds is 1. The first-order valence-electron chi connectivity index (χ1n) is 4.61. The van der Waals surface area contributed by atoms with Gasteiger partial charge < -0.3 is 15.4 Å². The first-order valence-corrected chi connectivity index (χ1v) is 5.40. The zero-order valence-electron chi connectivity index (χ0n) is 8.62. The van der Waals surface area contributed by atoms with E-state index in [-0.39, 0.29) is 21.5 Å². The second-order valence-electron chi connectivity index (χ2n) is 3.45. The summed E-state index contributed by atoms with van der Waals surface area (Å²) >= 11 is 2.95. The maximum atomic E-state index is 12.9. The monoisotopic (exact) mass is 322 g/mol. The lowest BCUT2D eigenvalue weighted by molar-refractivity contribution is -0.137. The highest BCUT2D eigenvalue weighted by atomic mass is 79.9. The lowest BCUT2D eigenvalue weighted by Crippen LogP contribution is -2.07. The Morgan fingerprint density at radius 3 is 2.44 bits per heavy atom. The van der Waals surface area contributed by atoms with E-state index >= 15 is 0 Å². The molecule has 1 aromatic heterocycles. The Labute approximate surface area is 107 Å². The number of hydrogen-bond acceptors (Lipinski definition) is 4. The molecular weight excluding hydrogens is 317 g/mol. The van der Waals surface area contributed by atoms with E-state index in [9.17, 15) is 18.3 Å². The van der Waals surface area contributed by atoms with E-state index in [2.05, 4.69) is 25.6 Å². The predicted molar refractivity (Wildman–Crippen MR) is 60.7 cm³/mol. The van der Waals surface area contributed by atoms with Crippen molar-refractivity contribution < 1.29 is 22.8 Å². The first-order chi connectivity index (χ1) is 8.30. The molecule has 2 rings (SSSR count). The van der Waals surface area contributed by atoms with E-state index in [0.29, 0.717) is 6.07 Å². The summed E-state index contributed by atoms with van der Waals surface area (Å²) in [4.78, 5) is 0. The molecule has 18 heavy (non-hydrogen) atoms. The molecule has 0 aliphatic heterocycles. The number of anilines is 1. The number of nitrogen functional groups attached to an aromatic ring is 1. The molecule has 0 saturated carbocycles. The minimum Gasteiger partial charge on any atom is -0.507 e.